The van der Waals surface area contributed by atoms with E-state index in [1.54, 1.807) is 0 Å². The number of benzene rings is 1. The zero-order valence-corrected chi connectivity index (χ0v) is 11.2. The number of fused-ring (bicyclic) bond motifs is 1. The van der Waals surface area contributed by atoms with Gasteiger partial charge in [0.05, 0.1) is 7.11 Å². The number of aromatic nitrogens is 1. The first kappa shape index (κ1) is 13.3. The van der Waals surface area contributed by atoms with Crippen molar-refractivity contribution in [1.82, 2.24) is 4.98 Å². The van der Waals surface area contributed by atoms with Gasteiger partial charge in [-0.3, -0.25) is 4.79 Å². The number of aromatic amines is 1. The molecule has 0 saturated heterocycles. The Bertz CT molecular complexity index is 658. The molecule has 0 aliphatic carbocycles. The van der Waals surface area contributed by atoms with Gasteiger partial charge in [-0.05, 0) is 30.5 Å². The van der Waals surface area contributed by atoms with E-state index in [1.807, 2.05) is 18.2 Å². The van der Waals surface area contributed by atoms with Gasteiger partial charge < -0.3 is 9.72 Å². The Morgan fingerprint density at radius 2 is 2.16 bits per heavy atom. The summed E-state index contributed by atoms with van der Waals surface area (Å²) in [7, 11) is 1.27. The number of pyridine rings is 1. The third-order valence-corrected chi connectivity index (χ3v) is 3.17. The maximum Gasteiger partial charge on any atom is 0.343 e. The summed E-state index contributed by atoms with van der Waals surface area (Å²) in [5.74, 6) is -0.609. The minimum atomic E-state index is -0.609. The van der Waals surface area contributed by atoms with E-state index in [-0.39, 0.29) is 11.0 Å². The summed E-state index contributed by atoms with van der Waals surface area (Å²) < 4.78 is 4.60. The number of H-pyrrole nitrogens is 1. The second kappa shape index (κ2) is 5.69. The maximum atomic E-state index is 12.2. The molecule has 0 amide bonds. The van der Waals surface area contributed by atoms with E-state index >= 15 is 0 Å². The van der Waals surface area contributed by atoms with Gasteiger partial charge >= 0.3 is 5.97 Å². The highest BCUT2D eigenvalue weighted by Gasteiger charge is 2.13. The predicted octanol–water partition coefficient (Wildman–Crippen LogP) is 2.66. The van der Waals surface area contributed by atoms with Gasteiger partial charge in [-0.1, -0.05) is 19.4 Å². The number of methoxy groups -OCH3 is 1. The van der Waals surface area contributed by atoms with Crippen LogP contribution in [0.4, 0.5) is 0 Å². The molecule has 1 aromatic carbocycles. The maximum absolute atomic E-state index is 12.2. The Labute approximate surface area is 111 Å². The van der Waals surface area contributed by atoms with Crippen LogP contribution < -0.4 is 5.43 Å². The van der Waals surface area contributed by atoms with Crippen LogP contribution in [-0.4, -0.2) is 18.1 Å². The van der Waals surface area contributed by atoms with E-state index in [1.165, 1.54) is 13.3 Å². The second-order valence-corrected chi connectivity index (χ2v) is 4.51. The largest absolute Gasteiger partial charge is 0.465 e. The quantitative estimate of drug-likeness (QED) is 0.859. The Balaban J connectivity index is 2.53. The van der Waals surface area contributed by atoms with Gasteiger partial charge in [0.25, 0.3) is 0 Å². The van der Waals surface area contributed by atoms with Crippen molar-refractivity contribution < 1.29 is 9.53 Å². The van der Waals surface area contributed by atoms with E-state index in [4.69, 9.17) is 0 Å². The molecule has 2 aromatic rings. The standard InChI is InChI=1S/C15H17NO3/c1-3-4-5-10-6-7-13-11(8-10)14(17)12(9-16-13)15(18)19-2/h6-9H,3-5H2,1-2H3,(H,16,17). The molecule has 0 aliphatic heterocycles. The average molecular weight is 259 g/mol. The number of carbonyl (C=O) groups excluding carboxylic acids is 1. The Hall–Kier alpha value is -2.10. The molecule has 4 heteroatoms. The number of rotatable bonds is 4. The minimum absolute atomic E-state index is 0.0441. The van der Waals surface area contributed by atoms with Gasteiger partial charge in [-0.25, -0.2) is 4.79 Å². The summed E-state index contributed by atoms with van der Waals surface area (Å²) in [6, 6.07) is 5.74. The van der Waals surface area contributed by atoms with Crippen molar-refractivity contribution in [2.45, 2.75) is 26.2 Å². The van der Waals surface area contributed by atoms with Crippen LogP contribution in [0.3, 0.4) is 0 Å². The SMILES string of the molecule is CCCCc1ccc2[nH]cc(C(=O)OC)c(=O)c2c1. The van der Waals surface area contributed by atoms with Crippen LogP contribution in [0.5, 0.6) is 0 Å². The molecule has 0 aliphatic rings. The van der Waals surface area contributed by atoms with Crippen LogP contribution in [0.25, 0.3) is 10.9 Å². The minimum Gasteiger partial charge on any atom is -0.465 e. The Kier molecular flexibility index (Phi) is 4.00. The van der Waals surface area contributed by atoms with E-state index in [0.29, 0.717) is 5.39 Å². The summed E-state index contributed by atoms with van der Waals surface area (Å²) in [4.78, 5) is 26.7. The molecule has 0 atom stereocenters. The number of carbonyl (C=O) groups is 1. The third kappa shape index (κ3) is 2.67. The highest BCUT2D eigenvalue weighted by Crippen LogP contribution is 2.13. The molecular formula is C15H17NO3. The number of hydrogen-bond donors (Lipinski definition) is 1. The van der Waals surface area contributed by atoms with Gasteiger partial charge in [0, 0.05) is 17.1 Å². The van der Waals surface area contributed by atoms with Gasteiger partial charge in [0.15, 0.2) is 0 Å². The van der Waals surface area contributed by atoms with Crippen LogP contribution in [-0.2, 0) is 11.2 Å². The van der Waals surface area contributed by atoms with Gasteiger partial charge in [0.2, 0.25) is 5.43 Å². The molecule has 1 heterocycles. The molecule has 100 valence electrons. The van der Waals surface area contributed by atoms with E-state index in [0.717, 1.165) is 30.3 Å². The molecule has 0 unspecified atom stereocenters. The van der Waals surface area contributed by atoms with Crippen molar-refractivity contribution >= 4 is 16.9 Å². The lowest BCUT2D eigenvalue weighted by molar-refractivity contribution is 0.0599. The summed E-state index contributed by atoms with van der Waals surface area (Å²) in [6.45, 7) is 2.13. The van der Waals surface area contributed by atoms with E-state index in [2.05, 4.69) is 16.6 Å². The van der Waals surface area contributed by atoms with Crippen LogP contribution in [0.2, 0.25) is 0 Å². The van der Waals surface area contributed by atoms with E-state index < -0.39 is 5.97 Å². The molecule has 0 saturated carbocycles. The molecule has 0 spiro atoms. The van der Waals surface area contributed by atoms with Crippen LogP contribution in [0, 0.1) is 0 Å². The molecule has 0 radical (unpaired) electrons. The molecule has 19 heavy (non-hydrogen) atoms. The monoisotopic (exact) mass is 259 g/mol. The van der Waals surface area contributed by atoms with E-state index in [9.17, 15) is 9.59 Å². The molecule has 1 N–H and O–H groups in total. The third-order valence-electron chi connectivity index (χ3n) is 3.17. The Morgan fingerprint density at radius 3 is 2.84 bits per heavy atom. The fourth-order valence-electron chi connectivity index (χ4n) is 2.06. The van der Waals surface area contributed by atoms with Gasteiger partial charge in [0.1, 0.15) is 5.56 Å². The lowest BCUT2D eigenvalue weighted by Gasteiger charge is -2.04. The summed E-state index contributed by atoms with van der Waals surface area (Å²) in [5.41, 5.74) is 1.61. The number of esters is 1. The highest BCUT2D eigenvalue weighted by molar-refractivity contribution is 5.93. The van der Waals surface area contributed by atoms with Crippen molar-refractivity contribution in [2.24, 2.45) is 0 Å². The Morgan fingerprint density at radius 1 is 1.37 bits per heavy atom. The van der Waals surface area contributed by atoms with Crippen LogP contribution in [0.15, 0.2) is 29.2 Å². The number of ether oxygens (including phenoxy) is 1. The first-order chi connectivity index (χ1) is 9.17. The predicted molar refractivity (Wildman–Crippen MR) is 74.5 cm³/mol. The zero-order valence-electron chi connectivity index (χ0n) is 11.2. The van der Waals surface area contributed by atoms with Crippen molar-refractivity contribution in [1.29, 1.82) is 0 Å². The zero-order chi connectivity index (χ0) is 13.8. The second-order valence-electron chi connectivity index (χ2n) is 4.51. The lowest BCUT2D eigenvalue weighted by atomic mass is 10.0. The molecule has 0 bridgehead atoms. The molecule has 0 fully saturated rings. The van der Waals surface area contributed by atoms with Crippen molar-refractivity contribution in [2.75, 3.05) is 7.11 Å². The highest BCUT2D eigenvalue weighted by atomic mass is 16.5. The number of nitrogens with one attached hydrogen (secondary N) is 1. The fraction of sp³-hybridized carbons (Fsp3) is 0.333. The molecule has 4 nitrogen and oxygen atoms in total. The van der Waals surface area contributed by atoms with Crippen LogP contribution >= 0.6 is 0 Å². The number of unbranched alkanes of at least 4 members (excludes halogenated alkanes) is 1. The molecule has 1 aromatic heterocycles. The summed E-state index contributed by atoms with van der Waals surface area (Å²) >= 11 is 0. The first-order valence-corrected chi connectivity index (χ1v) is 6.40. The number of hydrogen-bond acceptors (Lipinski definition) is 3. The smallest absolute Gasteiger partial charge is 0.343 e. The fourth-order valence-corrected chi connectivity index (χ4v) is 2.06. The topological polar surface area (TPSA) is 59.2 Å². The summed E-state index contributed by atoms with van der Waals surface area (Å²) in [6.07, 6.45) is 4.53. The van der Waals surface area contributed by atoms with Crippen LogP contribution in [0.1, 0.15) is 35.7 Å². The molecule has 2 rings (SSSR count). The summed E-state index contributed by atoms with van der Waals surface area (Å²) in [5, 5.41) is 0.538. The first-order valence-electron chi connectivity index (χ1n) is 6.40. The van der Waals surface area contributed by atoms with Gasteiger partial charge in [-0.15, -0.1) is 0 Å². The average Bonchev–Trinajstić information content (AvgIpc) is 2.45. The molecular weight excluding hydrogens is 242 g/mol. The van der Waals surface area contributed by atoms with Crippen molar-refractivity contribution in [3.63, 3.8) is 0 Å². The normalized spacial score (nSPS) is 10.6. The van der Waals surface area contributed by atoms with Crippen molar-refractivity contribution in [3.05, 3.63) is 45.7 Å². The van der Waals surface area contributed by atoms with Gasteiger partial charge in [-0.2, -0.15) is 0 Å². The lowest BCUT2D eigenvalue weighted by Crippen LogP contribution is -2.17. The number of aryl methyl sites for hydroxylation is 1. The van der Waals surface area contributed by atoms with Crippen molar-refractivity contribution in [3.8, 4) is 0 Å².